The molecule has 0 spiro atoms. The average Bonchev–Trinajstić information content (AvgIpc) is 2.09. The number of carbonyl (C=O) groups is 1. The van der Waals surface area contributed by atoms with Gasteiger partial charge in [0.2, 0.25) is 0 Å². The molecule has 0 bridgehead atoms. The van der Waals surface area contributed by atoms with E-state index in [1.165, 1.54) is 5.56 Å². The zero-order valence-corrected chi connectivity index (χ0v) is 7.16. The van der Waals surface area contributed by atoms with Crippen molar-refractivity contribution in [3.05, 3.63) is 35.4 Å². The normalized spacial score (nSPS) is 12.5. The Morgan fingerprint density at radius 1 is 1.42 bits per heavy atom. The van der Waals surface area contributed by atoms with E-state index in [4.69, 9.17) is 5.73 Å². The lowest BCUT2D eigenvalue weighted by Crippen LogP contribution is -2.23. The van der Waals surface area contributed by atoms with Crippen LogP contribution >= 0.6 is 0 Å². The van der Waals surface area contributed by atoms with Gasteiger partial charge in [0.1, 0.15) is 6.29 Å². The molecule has 0 aliphatic carbocycles. The standard InChI is InChI=1S/C10H13NO/c1-8-2-4-9(5-3-8)6-10(11)7-12/h2-5,7,10H,6,11H2,1H3/t10-/m1/s1. The van der Waals surface area contributed by atoms with Gasteiger partial charge in [-0.05, 0) is 18.9 Å². The average molecular weight is 163 g/mol. The van der Waals surface area contributed by atoms with Crippen LogP contribution in [0.1, 0.15) is 11.1 Å². The van der Waals surface area contributed by atoms with Crippen molar-refractivity contribution in [2.75, 3.05) is 0 Å². The molecule has 12 heavy (non-hydrogen) atoms. The van der Waals surface area contributed by atoms with Gasteiger partial charge in [-0.1, -0.05) is 29.8 Å². The monoisotopic (exact) mass is 163 g/mol. The number of hydrogen-bond donors (Lipinski definition) is 1. The van der Waals surface area contributed by atoms with Crippen molar-refractivity contribution < 1.29 is 4.79 Å². The summed E-state index contributed by atoms with van der Waals surface area (Å²) in [7, 11) is 0. The van der Waals surface area contributed by atoms with E-state index in [-0.39, 0.29) is 6.04 Å². The molecule has 1 rings (SSSR count). The minimum atomic E-state index is -0.368. The molecule has 2 N–H and O–H groups in total. The predicted octanol–water partition coefficient (Wildman–Crippen LogP) is 1.06. The van der Waals surface area contributed by atoms with Crippen LogP contribution in [0.25, 0.3) is 0 Å². The Labute approximate surface area is 72.4 Å². The van der Waals surface area contributed by atoms with Crippen LogP contribution in [0.3, 0.4) is 0 Å². The van der Waals surface area contributed by atoms with Crippen LogP contribution < -0.4 is 5.73 Å². The van der Waals surface area contributed by atoms with Crippen LogP contribution in [0.15, 0.2) is 24.3 Å². The molecule has 0 aliphatic rings. The van der Waals surface area contributed by atoms with Crippen LogP contribution in [0.5, 0.6) is 0 Å². The molecule has 1 aromatic rings. The highest BCUT2D eigenvalue weighted by molar-refractivity contribution is 5.57. The van der Waals surface area contributed by atoms with Gasteiger partial charge in [0.25, 0.3) is 0 Å². The molecule has 0 aromatic heterocycles. The highest BCUT2D eigenvalue weighted by Gasteiger charge is 2.00. The van der Waals surface area contributed by atoms with Crippen molar-refractivity contribution >= 4 is 6.29 Å². The van der Waals surface area contributed by atoms with Gasteiger partial charge in [-0.3, -0.25) is 0 Å². The molecule has 2 heteroatoms. The third kappa shape index (κ3) is 2.47. The summed E-state index contributed by atoms with van der Waals surface area (Å²) >= 11 is 0. The molecular formula is C10H13NO. The van der Waals surface area contributed by atoms with Gasteiger partial charge >= 0.3 is 0 Å². The maximum atomic E-state index is 10.3. The van der Waals surface area contributed by atoms with E-state index >= 15 is 0 Å². The Kier molecular flexibility index (Phi) is 3.00. The summed E-state index contributed by atoms with van der Waals surface area (Å²) in [5.74, 6) is 0. The first-order chi connectivity index (χ1) is 5.72. The van der Waals surface area contributed by atoms with E-state index < -0.39 is 0 Å². The molecule has 0 fully saturated rings. The fourth-order valence-corrected chi connectivity index (χ4v) is 1.04. The second kappa shape index (κ2) is 4.02. The molecule has 1 atom stereocenters. The van der Waals surface area contributed by atoms with Crippen molar-refractivity contribution in [1.82, 2.24) is 0 Å². The largest absolute Gasteiger partial charge is 0.321 e. The molecule has 0 saturated heterocycles. The Balaban J connectivity index is 2.64. The Bertz CT molecular complexity index is 253. The van der Waals surface area contributed by atoms with E-state index in [2.05, 4.69) is 0 Å². The van der Waals surface area contributed by atoms with E-state index in [1.54, 1.807) is 0 Å². The first-order valence-electron chi connectivity index (χ1n) is 3.99. The molecule has 0 unspecified atom stereocenters. The van der Waals surface area contributed by atoms with E-state index in [0.717, 1.165) is 11.8 Å². The molecule has 0 amide bonds. The highest BCUT2D eigenvalue weighted by Crippen LogP contribution is 2.04. The van der Waals surface area contributed by atoms with Crippen molar-refractivity contribution in [2.45, 2.75) is 19.4 Å². The number of carbonyl (C=O) groups excluding carboxylic acids is 1. The first-order valence-corrected chi connectivity index (χ1v) is 3.99. The van der Waals surface area contributed by atoms with Crippen LogP contribution in [-0.4, -0.2) is 12.3 Å². The lowest BCUT2D eigenvalue weighted by atomic mass is 10.1. The number of nitrogens with two attached hydrogens (primary N) is 1. The zero-order valence-electron chi connectivity index (χ0n) is 7.16. The lowest BCUT2D eigenvalue weighted by Gasteiger charge is -2.03. The Morgan fingerprint density at radius 3 is 2.50 bits per heavy atom. The quantitative estimate of drug-likeness (QED) is 0.677. The van der Waals surface area contributed by atoms with Crippen molar-refractivity contribution in [2.24, 2.45) is 5.73 Å². The molecule has 0 saturated carbocycles. The van der Waals surface area contributed by atoms with Gasteiger partial charge in [0.15, 0.2) is 0 Å². The summed E-state index contributed by atoms with van der Waals surface area (Å²) in [6.45, 7) is 2.03. The van der Waals surface area contributed by atoms with Crippen LogP contribution in [0.2, 0.25) is 0 Å². The summed E-state index contributed by atoms with van der Waals surface area (Å²) in [5, 5.41) is 0. The van der Waals surface area contributed by atoms with Gasteiger partial charge in [0, 0.05) is 0 Å². The Morgan fingerprint density at radius 2 is 2.00 bits per heavy atom. The molecule has 64 valence electrons. The van der Waals surface area contributed by atoms with Crippen molar-refractivity contribution in [1.29, 1.82) is 0 Å². The number of benzene rings is 1. The fourth-order valence-electron chi connectivity index (χ4n) is 1.04. The number of aldehydes is 1. The number of hydrogen-bond acceptors (Lipinski definition) is 2. The van der Waals surface area contributed by atoms with Gasteiger partial charge < -0.3 is 10.5 Å². The molecule has 0 radical (unpaired) electrons. The third-order valence-electron chi connectivity index (χ3n) is 1.77. The summed E-state index contributed by atoms with van der Waals surface area (Å²) in [4.78, 5) is 10.3. The third-order valence-corrected chi connectivity index (χ3v) is 1.77. The SMILES string of the molecule is Cc1ccc(C[C@@H](N)C=O)cc1. The van der Waals surface area contributed by atoms with Crippen LogP contribution in [0, 0.1) is 6.92 Å². The first kappa shape index (κ1) is 8.94. The minimum absolute atomic E-state index is 0.368. The van der Waals surface area contributed by atoms with E-state index in [0.29, 0.717) is 6.42 Å². The summed E-state index contributed by atoms with van der Waals surface area (Å²) in [6.07, 6.45) is 1.41. The highest BCUT2D eigenvalue weighted by atomic mass is 16.1. The smallest absolute Gasteiger partial charge is 0.137 e. The summed E-state index contributed by atoms with van der Waals surface area (Å²) < 4.78 is 0. The maximum Gasteiger partial charge on any atom is 0.137 e. The summed E-state index contributed by atoms with van der Waals surface area (Å²) in [5.41, 5.74) is 7.81. The Hall–Kier alpha value is -1.15. The molecule has 2 nitrogen and oxygen atoms in total. The van der Waals surface area contributed by atoms with E-state index in [1.807, 2.05) is 31.2 Å². The van der Waals surface area contributed by atoms with Crippen molar-refractivity contribution in [3.63, 3.8) is 0 Å². The maximum absolute atomic E-state index is 10.3. The molecule has 0 aliphatic heterocycles. The summed E-state index contributed by atoms with van der Waals surface area (Å²) in [6, 6.07) is 7.67. The van der Waals surface area contributed by atoms with E-state index in [9.17, 15) is 4.79 Å². The second-order valence-electron chi connectivity index (χ2n) is 2.99. The minimum Gasteiger partial charge on any atom is -0.321 e. The van der Waals surface area contributed by atoms with Crippen LogP contribution in [0.4, 0.5) is 0 Å². The topological polar surface area (TPSA) is 43.1 Å². The molecular weight excluding hydrogens is 150 g/mol. The number of rotatable bonds is 3. The van der Waals surface area contributed by atoms with Crippen molar-refractivity contribution in [3.8, 4) is 0 Å². The molecule has 1 aromatic carbocycles. The van der Waals surface area contributed by atoms with Gasteiger partial charge in [-0.2, -0.15) is 0 Å². The predicted molar refractivity (Wildman–Crippen MR) is 48.9 cm³/mol. The van der Waals surface area contributed by atoms with Gasteiger partial charge in [-0.25, -0.2) is 0 Å². The van der Waals surface area contributed by atoms with Gasteiger partial charge in [-0.15, -0.1) is 0 Å². The molecule has 0 heterocycles. The number of aryl methyl sites for hydroxylation is 1. The van der Waals surface area contributed by atoms with Crippen LogP contribution in [-0.2, 0) is 11.2 Å². The second-order valence-corrected chi connectivity index (χ2v) is 2.99. The zero-order chi connectivity index (χ0) is 8.97. The fraction of sp³-hybridized carbons (Fsp3) is 0.300. The lowest BCUT2D eigenvalue weighted by molar-refractivity contribution is -0.108. The van der Waals surface area contributed by atoms with Gasteiger partial charge in [0.05, 0.1) is 6.04 Å².